The van der Waals surface area contributed by atoms with Crippen LogP contribution in [0.1, 0.15) is 26.0 Å². The molecule has 1 aliphatic heterocycles. The van der Waals surface area contributed by atoms with E-state index in [1.165, 1.54) is 0 Å². The molecule has 0 radical (unpaired) electrons. The first-order valence-corrected chi connectivity index (χ1v) is 5.59. The summed E-state index contributed by atoms with van der Waals surface area (Å²) in [7, 11) is 0. The van der Waals surface area contributed by atoms with Crippen molar-refractivity contribution in [2.24, 2.45) is 11.1 Å². The normalized spacial score (nSPS) is 24.8. The average molecular weight is 222 g/mol. The van der Waals surface area contributed by atoms with Gasteiger partial charge < -0.3 is 15.1 Å². The van der Waals surface area contributed by atoms with Gasteiger partial charge in [-0.25, -0.2) is 0 Å². The van der Waals surface area contributed by atoms with Gasteiger partial charge in [0.2, 0.25) is 5.91 Å². The van der Waals surface area contributed by atoms with Gasteiger partial charge in [-0.15, -0.1) is 0 Å². The number of amides is 1. The fraction of sp³-hybridized carbons (Fsp3) is 0.583. The number of nitrogens with two attached hydrogens (primary N) is 1. The van der Waals surface area contributed by atoms with E-state index in [2.05, 4.69) is 0 Å². The molecular weight excluding hydrogens is 204 g/mol. The Morgan fingerprint density at radius 1 is 1.62 bits per heavy atom. The topological polar surface area (TPSA) is 59.5 Å². The van der Waals surface area contributed by atoms with E-state index in [0.29, 0.717) is 13.1 Å². The van der Waals surface area contributed by atoms with Crippen LogP contribution in [0.3, 0.4) is 0 Å². The van der Waals surface area contributed by atoms with Crippen LogP contribution in [0.25, 0.3) is 0 Å². The Bertz CT molecular complexity index is 370. The van der Waals surface area contributed by atoms with Gasteiger partial charge in [0, 0.05) is 12.6 Å². The largest absolute Gasteiger partial charge is 0.467 e. The third kappa shape index (κ3) is 1.85. The number of hydrogen-bond donors (Lipinski definition) is 1. The molecule has 1 atom stereocenters. The summed E-state index contributed by atoms with van der Waals surface area (Å²) in [6, 6.07) is 3.67. The maximum absolute atomic E-state index is 12.2. The molecule has 4 heteroatoms. The molecule has 1 unspecified atom stereocenters. The van der Waals surface area contributed by atoms with Crippen molar-refractivity contribution in [3.63, 3.8) is 0 Å². The molecule has 1 saturated heterocycles. The van der Waals surface area contributed by atoms with Crippen LogP contribution in [0.4, 0.5) is 0 Å². The van der Waals surface area contributed by atoms with E-state index < -0.39 is 5.41 Å². The third-order valence-electron chi connectivity index (χ3n) is 3.40. The minimum Gasteiger partial charge on any atom is -0.467 e. The Hall–Kier alpha value is -1.29. The summed E-state index contributed by atoms with van der Waals surface area (Å²) in [6.45, 7) is 5.08. The molecule has 0 aliphatic carbocycles. The summed E-state index contributed by atoms with van der Waals surface area (Å²) in [5.74, 6) is 0.933. The zero-order chi connectivity index (χ0) is 11.8. The van der Waals surface area contributed by atoms with Crippen molar-refractivity contribution in [3.05, 3.63) is 24.2 Å². The molecule has 2 rings (SSSR count). The zero-order valence-corrected chi connectivity index (χ0v) is 9.77. The van der Waals surface area contributed by atoms with Crippen LogP contribution in [-0.2, 0) is 11.3 Å². The Balaban J connectivity index is 2.10. The number of rotatable bonds is 2. The Labute approximate surface area is 95.4 Å². The van der Waals surface area contributed by atoms with E-state index in [1.54, 1.807) is 6.26 Å². The predicted molar refractivity (Wildman–Crippen MR) is 60.5 cm³/mol. The summed E-state index contributed by atoms with van der Waals surface area (Å²) in [5, 5.41) is 0. The predicted octanol–water partition coefficient (Wildman–Crippen LogP) is 1.37. The van der Waals surface area contributed by atoms with Crippen LogP contribution in [0.5, 0.6) is 0 Å². The summed E-state index contributed by atoms with van der Waals surface area (Å²) >= 11 is 0. The first kappa shape index (κ1) is 11.2. The van der Waals surface area contributed by atoms with Gasteiger partial charge in [0.15, 0.2) is 0 Å². The Kier molecular flexibility index (Phi) is 2.76. The van der Waals surface area contributed by atoms with Crippen molar-refractivity contribution in [2.75, 3.05) is 6.54 Å². The fourth-order valence-electron chi connectivity index (χ4n) is 2.06. The third-order valence-corrected chi connectivity index (χ3v) is 3.40. The van der Waals surface area contributed by atoms with E-state index in [0.717, 1.165) is 12.2 Å². The second-order valence-electron chi connectivity index (χ2n) is 4.92. The van der Waals surface area contributed by atoms with Crippen LogP contribution in [0, 0.1) is 5.41 Å². The SMILES string of the molecule is CC1(C)C(=O)N(Cc2ccco2)CCC1N. The molecule has 0 saturated carbocycles. The molecule has 0 spiro atoms. The van der Waals surface area contributed by atoms with Gasteiger partial charge in [-0.05, 0) is 32.4 Å². The molecule has 0 aromatic carbocycles. The number of hydrogen-bond acceptors (Lipinski definition) is 3. The minimum atomic E-state index is -0.467. The highest BCUT2D eigenvalue weighted by Crippen LogP contribution is 2.30. The fourth-order valence-corrected chi connectivity index (χ4v) is 2.06. The van der Waals surface area contributed by atoms with Gasteiger partial charge in [0.05, 0.1) is 18.2 Å². The lowest BCUT2D eigenvalue weighted by Gasteiger charge is -2.41. The van der Waals surface area contributed by atoms with E-state index in [9.17, 15) is 4.79 Å². The second kappa shape index (κ2) is 3.94. The number of piperidine rings is 1. The van der Waals surface area contributed by atoms with Crippen molar-refractivity contribution >= 4 is 5.91 Å². The second-order valence-corrected chi connectivity index (χ2v) is 4.92. The maximum Gasteiger partial charge on any atom is 0.230 e. The lowest BCUT2D eigenvalue weighted by Crippen LogP contribution is -2.56. The molecule has 4 nitrogen and oxygen atoms in total. The molecule has 1 aromatic heterocycles. The molecule has 16 heavy (non-hydrogen) atoms. The van der Waals surface area contributed by atoms with Crippen LogP contribution < -0.4 is 5.73 Å². The molecule has 0 bridgehead atoms. The molecular formula is C12H18N2O2. The minimum absolute atomic E-state index is 0.0483. The lowest BCUT2D eigenvalue weighted by molar-refractivity contribution is -0.146. The smallest absolute Gasteiger partial charge is 0.230 e. The maximum atomic E-state index is 12.2. The molecule has 2 heterocycles. The number of nitrogens with zero attached hydrogens (tertiary/aromatic N) is 1. The van der Waals surface area contributed by atoms with Crippen LogP contribution in [-0.4, -0.2) is 23.4 Å². The van der Waals surface area contributed by atoms with Gasteiger partial charge in [-0.3, -0.25) is 4.79 Å². The highest BCUT2D eigenvalue weighted by molar-refractivity contribution is 5.83. The number of furan rings is 1. The number of carbonyl (C=O) groups excluding carboxylic acids is 1. The molecule has 1 fully saturated rings. The first-order chi connectivity index (χ1) is 7.51. The van der Waals surface area contributed by atoms with Crippen molar-refractivity contribution in [3.8, 4) is 0 Å². The number of likely N-dealkylation sites (tertiary alicyclic amines) is 1. The Morgan fingerprint density at radius 3 is 3.00 bits per heavy atom. The Morgan fingerprint density at radius 2 is 2.38 bits per heavy atom. The van der Waals surface area contributed by atoms with Crippen LogP contribution >= 0.6 is 0 Å². The van der Waals surface area contributed by atoms with Gasteiger partial charge in [0.1, 0.15) is 5.76 Å². The number of carbonyl (C=O) groups is 1. The van der Waals surface area contributed by atoms with Gasteiger partial charge in [0.25, 0.3) is 0 Å². The average Bonchev–Trinajstić information content (AvgIpc) is 2.73. The van der Waals surface area contributed by atoms with E-state index in [1.807, 2.05) is 30.9 Å². The first-order valence-electron chi connectivity index (χ1n) is 5.59. The molecule has 2 N–H and O–H groups in total. The quantitative estimate of drug-likeness (QED) is 0.822. The van der Waals surface area contributed by atoms with Crippen LogP contribution in [0.15, 0.2) is 22.8 Å². The van der Waals surface area contributed by atoms with E-state index >= 15 is 0 Å². The monoisotopic (exact) mass is 222 g/mol. The lowest BCUT2D eigenvalue weighted by atomic mass is 9.79. The highest BCUT2D eigenvalue weighted by Gasteiger charge is 2.41. The van der Waals surface area contributed by atoms with Crippen molar-refractivity contribution in [1.29, 1.82) is 0 Å². The molecule has 1 amide bonds. The van der Waals surface area contributed by atoms with E-state index in [-0.39, 0.29) is 11.9 Å². The summed E-state index contributed by atoms with van der Waals surface area (Å²) in [6.07, 6.45) is 2.47. The summed E-state index contributed by atoms with van der Waals surface area (Å²) in [4.78, 5) is 14.0. The van der Waals surface area contributed by atoms with Gasteiger partial charge >= 0.3 is 0 Å². The standard InChI is InChI=1S/C12H18N2O2/c1-12(2)10(13)5-6-14(11(12)15)8-9-4-3-7-16-9/h3-4,7,10H,5-6,8,13H2,1-2H3. The summed E-state index contributed by atoms with van der Waals surface area (Å²) < 4.78 is 5.25. The summed E-state index contributed by atoms with van der Waals surface area (Å²) in [5.41, 5.74) is 5.50. The molecule has 1 aliphatic rings. The van der Waals surface area contributed by atoms with Gasteiger partial charge in [-0.1, -0.05) is 0 Å². The highest BCUT2D eigenvalue weighted by atomic mass is 16.3. The zero-order valence-electron chi connectivity index (χ0n) is 9.77. The van der Waals surface area contributed by atoms with Crippen molar-refractivity contribution in [2.45, 2.75) is 32.9 Å². The molecule has 1 aromatic rings. The van der Waals surface area contributed by atoms with Gasteiger partial charge in [-0.2, -0.15) is 0 Å². The van der Waals surface area contributed by atoms with Crippen molar-refractivity contribution < 1.29 is 9.21 Å². The molecule has 88 valence electrons. The van der Waals surface area contributed by atoms with Crippen molar-refractivity contribution in [1.82, 2.24) is 4.90 Å². The van der Waals surface area contributed by atoms with Crippen LogP contribution in [0.2, 0.25) is 0 Å². The van der Waals surface area contributed by atoms with E-state index in [4.69, 9.17) is 10.2 Å².